The topological polar surface area (TPSA) is 73.6 Å². The van der Waals surface area contributed by atoms with E-state index in [-0.39, 0.29) is 19.2 Å². The normalized spacial score (nSPS) is 12.8. The highest BCUT2D eigenvalue weighted by Crippen LogP contribution is 2.39. The lowest BCUT2D eigenvalue weighted by Crippen LogP contribution is -2.28. The fourth-order valence-corrected chi connectivity index (χ4v) is 2.06. The quantitative estimate of drug-likeness (QED) is 0.857. The number of nitrogens with one attached hydrogen (secondary N) is 1. The molecule has 0 aromatic heterocycles. The van der Waals surface area contributed by atoms with Gasteiger partial charge in [-0.25, -0.2) is 0 Å². The van der Waals surface area contributed by atoms with Crippen molar-refractivity contribution in [3.8, 4) is 11.5 Å². The Kier molecular flexibility index (Phi) is 3.31. The minimum atomic E-state index is -0.375. The molecule has 0 saturated heterocycles. The summed E-state index contributed by atoms with van der Waals surface area (Å²) in [4.78, 5) is 10.5. The van der Waals surface area contributed by atoms with Crippen LogP contribution in [0.25, 0.3) is 0 Å². The Morgan fingerprint density at radius 1 is 1.50 bits per heavy atom. The largest absolute Gasteiger partial charge is 0.454 e. The smallest absolute Gasteiger partial charge is 0.231 e. The highest BCUT2D eigenvalue weighted by atomic mass is 79.9. The molecule has 1 aromatic carbocycles. The average Bonchev–Trinajstić information content (AvgIpc) is 2.65. The van der Waals surface area contributed by atoms with Crippen molar-refractivity contribution in [2.75, 3.05) is 13.3 Å². The first-order valence-corrected chi connectivity index (χ1v) is 5.53. The van der Waals surface area contributed by atoms with E-state index < -0.39 is 0 Å². The number of nitrogens with two attached hydrogens (primary N) is 1. The average molecular weight is 287 g/mol. The summed E-state index contributed by atoms with van der Waals surface area (Å²) in [6.07, 6.45) is 0. The lowest BCUT2D eigenvalue weighted by molar-refractivity contribution is -0.117. The van der Waals surface area contributed by atoms with Gasteiger partial charge in [-0.3, -0.25) is 4.79 Å². The highest BCUT2D eigenvalue weighted by molar-refractivity contribution is 9.10. The van der Waals surface area contributed by atoms with Crippen molar-refractivity contribution in [3.05, 3.63) is 22.2 Å². The Morgan fingerprint density at radius 2 is 2.31 bits per heavy atom. The molecule has 1 aliphatic heterocycles. The molecule has 1 aliphatic rings. The van der Waals surface area contributed by atoms with E-state index in [1.54, 1.807) is 0 Å². The van der Waals surface area contributed by atoms with E-state index in [9.17, 15) is 4.79 Å². The van der Waals surface area contributed by atoms with Gasteiger partial charge in [-0.1, -0.05) is 0 Å². The zero-order chi connectivity index (χ0) is 11.5. The van der Waals surface area contributed by atoms with Crippen molar-refractivity contribution in [3.63, 3.8) is 0 Å². The summed E-state index contributed by atoms with van der Waals surface area (Å²) < 4.78 is 11.4. The summed E-state index contributed by atoms with van der Waals surface area (Å²) in [5, 5.41) is 2.93. The minimum Gasteiger partial charge on any atom is -0.454 e. The Hall–Kier alpha value is -1.27. The predicted octanol–water partition coefficient (Wildman–Crippen LogP) is 0.753. The number of rotatable bonds is 4. The third-order valence-corrected chi connectivity index (χ3v) is 2.70. The van der Waals surface area contributed by atoms with Crippen molar-refractivity contribution < 1.29 is 14.3 Å². The maximum atomic E-state index is 10.5. The summed E-state index contributed by atoms with van der Waals surface area (Å²) >= 11 is 3.39. The molecule has 0 atom stereocenters. The molecule has 2 rings (SSSR count). The van der Waals surface area contributed by atoms with E-state index in [2.05, 4.69) is 21.2 Å². The second-order valence-electron chi connectivity index (χ2n) is 3.38. The molecule has 6 heteroatoms. The molecular weight excluding hydrogens is 276 g/mol. The SMILES string of the molecule is NC(=O)CNCc1cc(Br)c2c(c1)OCO2. The van der Waals surface area contributed by atoms with Crippen LogP contribution in [0.3, 0.4) is 0 Å². The molecule has 0 radical (unpaired) electrons. The van der Waals surface area contributed by atoms with Crippen molar-refractivity contribution >= 4 is 21.8 Å². The van der Waals surface area contributed by atoms with E-state index in [0.717, 1.165) is 15.8 Å². The number of primary amides is 1. The fourth-order valence-electron chi connectivity index (χ4n) is 1.45. The Labute approximate surface area is 101 Å². The van der Waals surface area contributed by atoms with Gasteiger partial charge in [-0.05, 0) is 33.6 Å². The van der Waals surface area contributed by atoms with Crippen molar-refractivity contribution in [1.82, 2.24) is 5.32 Å². The van der Waals surface area contributed by atoms with Crippen LogP contribution in [-0.4, -0.2) is 19.2 Å². The molecule has 0 spiro atoms. The first-order chi connectivity index (χ1) is 7.66. The van der Waals surface area contributed by atoms with Crippen LogP contribution in [0.4, 0.5) is 0 Å². The molecule has 0 bridgehead atoms. The molecule has 86 valence electrons. The summed E-state index contributed by atoms with van der Waals surface area (Å²) in [6.45, 7) is 0.955. The van der Waals surface area contributed by atoms with Crippen LogP contribution in [0.15, 0.2) is 16.6 Å². The first-order valence-electron chi connectivity index (χ1n) is 4.74. The summed E-state index contributed by atoms with van der Waals surface area (Å²) in [6, 6.07) is 3.79. The highest BCUT2D eigenvalue weighted by Gasteiger charge is 2.17. The first kappa shape index (κ1) is 11.2. The van der Waals surface area contributed by atoms with Gasteiger partial charge >= 0.3 is 0 Å². The van der Waals surface area contributed by atoms with Crippen LogP contribution < -0.4 is 20.5 Å². The Balaban J connectivity index is 2.05. The number of carbonyl (C=O) groups is 1. The number of benzene rings is 1. The summed E-state index contributed by atoms with van der Waals surface area (Å²) in [5.41, 5.74) is 6.02. The van der Waals surface area contributed by atoms with Gasteiger partial charge in [0.15, 0.2) is 11.5 Å². The van der Waals surface area contributed by atoms with E-state index in [0.29, 0.717) is 12.3 Å². The second kappa shape index (κ2) is 4.71. The van der Waals surface area contributed by atoms with Crippen LogP contribution in [0.2, 0.25) is 0 Å². The number of carbonyl (C=O) groups excluding carboxylic acids is 1. The monoisotopic (exact) mass is 286 g/mol. The lowest BCUT2D eigenvalue weighted by Gasteiger charge is -2.05. The zero-order valence-corrected chi connectivity index (χ0v) is 10.0. The minimum absolute atomic E-state index is 0.159. The zero-order valence-electron chi connectivity index (χ0n) is 8.46. The van der Waals surface area contributed by atoms with Crippen LogP contribution in [0.5, 0.6) is 11.5 Å². The van der Waals surface area contributed by atoms with Gasteiger partial charge < -0.3 is 20.5 Å². The second-order valence-corrected chi connectivity index (χ2v) is 4.24. The number of ether oxygens (including phenoxy) is 2. The molecule has 0 unspecified atom stereocenters. The maximum Gasteiger partial charge on any atom is 0.231 e. The van der Waals surface area contributed by atoms with Gasteiger partial charge in [-0.2, -0.15) is 0 Å². The van der Waals surface area contributed by atoms with E-state index >= 15 is 0 Å². The van der Waals surface area contributed by atoms with Gasteiger partial charge in [0.25, 0.3) is 0 Å². The molecule has 0 saturated carbocycles. The third-order valence-electron chi connectivity index (χ3n) is 2.12. The van der Waals surface area contributed by atoms with Gasteiger partial charge in [-0.15, -0.1) is 0 Å². The molecule has 1 aromatic rings. The lowest BCUT2D eigenvalue weighted by atomic mass is 10.2. The van der Waals surface area contributed by atoms with Crippen LogP contribution in [0, 0.1) is 0 Å². The number of hydrogen-bond acceptors (Lipinski definition) is 4. The maximum absolute atomic E-state index is 10.5. The summed E-state index contributed by atoms with van der Waals surface area (Å²) in [5.74, 6) is 1.06. The number of hydrogen-bond donors (Lipinski definition) is 2. The van der Waals surface area contributed by atoms with Crippen LogP contribution >= 0.6 is 15.9 Å². The molecule has 1 heterocycles. The molecule has 0 fully saturated rings. The van der Waals surface area contributed by atoms with Gasteiger partial charge in [0, 0.05) is 6.54 Å². The van der Waals surface area contributed by atoms with Gasteiger partial charge in [0.1, 0.15) is 0 Å². The molecule has 3 N–H and O–H groups in total. The Bertz CT molecular complexity index is 423. The predicted molar refractivity (Wildman–Crippen MR) is 61.2 cm³/mol. The molecule has 1 amide bonds. The van der Waals surface area contributed by atoms with E-state index in [4.69, 9.17) is 15.2 Å². The Morgan fingerprint density at radius 3 is 3.06 bits per heavy atom. The molecule has 16 heavy (non-hydrogen) atoms. The van der Waals surface area contributed by atoms with Gasteiger partial charge in [0.05, 0.1) is 11.0 Å². The molecular formula is C10H11BrN2O3. The molecule has 0 aliphatic carbocycles. The van der Waals surface area contributed by atoms with Crippen LogP contribution in [-0.2, 0) is 11.3 Å². The van der Waals surface area contributed by atoms with Crippen LogP contribution in [0.1, 0.15) is 5.56 Å². The van der Waals surface area contributed by atoms with Crippen molar-refractivity contribution in [2.45, 2.75) is 6.54 Å². The van der Waals surface area contributed by atoms with Gasteiger partial charge in [0.2, 0.25) is 12.7 Å². The van der Waals surface area contributed by atoms with Crippen molar-refractivity contribution in [1.29, 1.82) is 0 Å². The number of halogens is 1. The number of amides is 1. The van der Waals surface area contributed by atoms with E-state index in [1.165, 1.54) is 0 Å². The molecule has 5 nitrogen and oxygen atoms in total. The fraction of sp³-hybridized carbons (Fsp3) is 0.300. The van der Waals surface area contributed by atoms with E-state index in [1.807, 2.05) is 12.1 Å². The summed E-state index contributed by atoms with van der Waals surface area (Å²) in [7, 11) is 0. The standard InChI is InChI=1S/C10H11BrN2O3/c11-7-1-6(3-13-4-9(12)14)2-8-10(7)16-5-15-8/h1-2,13H,3-5H2,(H2,12,14). The number of fused-ring (bicyclic) bond motifs is 1. The van der Waals surface area contributed by atoms with Crippen molar-refractivity contribution in [2.24, 2.45) is 5.73 Å². The third kappa shape index (κ3) is 2.45.